The van der Waals surface area contributed by atoms with Crippen LogP contribution in [0.25, 0.3) is 0 Å². The second-order valence-electron chi connectivity index (χ2n) is 9.23. The first-order chi connectivity index (χ1) is 16.0. The number of esters is 1. The van der Waals surface area contributed by atoms with Gasteiger partial charge >= 0.3 is 5.97 Å². The van der Waals surface area contributed by atoms with Crippen LogP contribution in [-0.2, 0) is 14.3 Å². The van der Waals surface area contributed by atoms with Gasteiger partial charge in [0.25, 0.3) is 0 Å². The molecule has 0 bridgehead atoms. The van der Waals surface area contributed by atoms with Gasteiger partial charge in [0.2, 0.25) is 0 Å². The number of rotatable bonds is 5. The van der Waals surface area contributed by atoms with Gasteiger partial charge in [-0.25, -0.2) is 0 Å². The number of allylic oxidation sites excluding steroid dienone is 2. The van der Waals surface area contributed by atoms with Gasteiger partial charge in [-0.3, -0.25) is 14.6 Å². The second kappa shape index (κ2) is 9.26. The SMILES string of the molecule is COc1cccc([C@H]2CC(=O)C3=C(C2)N=C(C)C(C(=O)OC2CCCC2)[C@H]3c2cccs2)c1. The van der Waals surface area contributed by atoms with Gasteiger partial charge in [0, 0.05) is 34.2 Å². The molecular formula is C27H29NO4S. The molecule has 0 saturated heterocycles. The quantitative estimate of drug-likeness (QED) is 0.524. The van der Waals surface area contributed by atoms with E-state index in [1.54, 1.807) is 18.4 Å². The number of carbonyl (C=O) groups is 2. The van der Waals surface area contributed by atoms with Crippen molar-refractivity contribution >= 4 is 28.8 Å². The summed E-state index contributed by atoms with van der Waals surface area (Å²) in [4.78, 5) is 32.8. The van der Waals surface area contributed by atoms with E-state index >= 15 is 0 Å². The number of thiophene rings is 1. The van der Waals surface area contributed by atoms with Crippen molar-refractivity contribution in [1.29, 1.82) is 0 Å². The van der Waals surface area contributed by atoms with Crippen molar-refractivity contribution in [3.8, 4) is 5.75 Å². The second-order valence-corrected chi connectivity index (χ2v) is 10.2. The average Bonchev–Trinajstić information content (AvgIpc) is 3.52. The number of nitrogens with zero attached hydrogens (tertiary/aromatic N) is 1. The summed E-state index contributed by atoms with van der Waals surface area (Å²) in [5.74, 6) is -0.179. The van der Waals surface area contributed by atoms with Crippen molar-refractivity contribution in [1.82, 2.24) is 0 Å². The Morgan fingerprint density at radius 3 is 2.67 bits per heavy atom. The molecule has 1 aromatic carbocycles. The van der Waals surface area contributed by atoms with Crippen LogP contribution in [0.1, 0.15) is 67.7 Å². The fourth-order valence-corrected chi connectivity index (χ4v) is 6.39. The molecule has 2 aromatic rings. The molecule has 1 saturated carbocycles. The topological polar surface area (TPSA) is 65.0 Å². The zero-order valence-corrected chi connectivity index (χ0v) is 19.9. The summed E-state index contributed by atoms with van der Waals surface area (Å²) in [5.41, 5.74) is 3.35. The molecule has 5 rings (SSSR count). The number of hydrogen-bond acceptors (Lipinski definition) is 6. The number of methoxy groups -OCH3 is 1. The third-order valence-corrected chi connectivity index (χ3v) is 8.10. The van der Waals surface area contributed by atoms with Gasteiger partial charge in [-0.05, 0) is 74.1 Å². The van der Waals surface area contributed by atoms with Crippen LogP contribution in [-0.4, -0.2) is 30.7 Å². The van der Waals surface area contributed by atoms with Crippen molar-refractivity contribution in [3.63, 3.8) is 0 Å². The number of benzene rings is 1. The van der Waals surface area contributed by atoms with Crippen LogP contribution in [0.15, 0.2) is 58.0 Å². The Balaban J connectivity index is 1.50. The molecule has 1 fully saturated rings. The lowest BCUT2D eigenvalue weighted by atomic mass is 9.71. The van der Waals surface area contributed by atoms with Gasteiger partial charge < -0.3 is 9.47 Å². The first-order valence-electron chi connectivity index (χ1n) is 11.7. The number of ether oxygens (including phenoxy) is 2. The minimum Gasteiger partial charge on any atom is -0.497 e. The fourth-order valence-electron chi connectivity index (χ4n) is 5.52. The smallest absolute Gasteiger partial charge is 0.315 e. The van der Waals surface area contributed by atoms with E-state index in [-0.39, 0.29) is 29.7 Å². The van der Waals surface area contributed by atoms with E-state index in [9.17, 15) is 9.59 Å². The molecule has 3 aliphatic rings. The predicted molar refractivity (Wildman–Crippen MR) is 129 cm³/mol. The first kappa shape index (κ1) is 22.1. The van der Waals surface area contributed by atoms with Crippen molar-refractivity contribution < 1.29 is 19.1 Å². The van der Waals surface area contributed by atoms with Crippen LogP contribution < -0.4 is 4.74 Å². The van der Waals surface area contributed by atoms with E-state index in [0.717, 1.165) is 53.3 Å². The van der Waals surface area contributed by atoms with Gasteiger partial charge in [0.15, 0.2) is 5.78 Å². The Bertz CT molecular complexity index is 1110. The maximum absolute atomic E-state index is 13.6. The molecule has 0 spiro atoms. The highest BCUT2D eigenvalue weighted by atomic mass is 32.1. The zero-order valence-electron chi connectivity index (χ0n) is 19.1. The van der Waals surface area contributed by atoms with Gasteiger partial charge in [-0.2, -0.15) is 0 Å². The van der Waals surface area contributed by atoms with Gasteiger partial charge in [-0.1, -0.05) is 18.2 Å². The Hall–Kier alpha value is -2.73. The molecule has 172 valence electrons. The molecule has 2 heterocycles. The Morgan fingerprint density at radius 2 is 1.94 bits per heavy atom. The summed E-state index contributed by atoms with van der Waals surface area (Å²) in [6.45, 7) is 1.91. The zero-order chi connectivity index (χ0) is 22.9. The third-order valence-electron chi connectivity index (χ3n) is 7.14. The number of ketones is 1. The van der Waals surface area contributed by atoms with Crippen molar-refractivity contribution in [2.45, 2.75) is 63.4 Å². The Labute approximate surface area is 198 Å². The van der Waals surface area contributed by atoms with Crippen LogP contribution in [0.5, 0.6) is 5.75 Å². The Kier molecular flexibility index (Phi) is 6.19. The summed E-state index contributed by atoms with van der Waals surface area (Å²) in [5, 5.41) is 2.00. The number of Topliss-reactive ketones (excluding diaryl/α,β-unsaturated/α-hetero) is 1. The number of aliphatic imine (C=N–C) groups is 1. The molecule has 3 atom stereocenters. The Morgan fingerprint density at radius 1 is 1.12 bits per heavy atom. The predicted octanol–water partition coefficient (Wildman–Crippen LogP) is 5.82. The summed E-state index contributed by atoms with van der Waals surface area (Å²) in [6.07, 6.45) is 5.13. The van der Waals surface area contributed by atoms with Crippen LogP contribution in [0.4, 0.5) is 0 Å². The molecule has 1 aliphatic heterocycles. The van der Waals surface area contributed by atoms with E-state index in [4.69, 9.17) is 14.5 Å². The summed E-state index contributed by atoms with van der Waals surface area (Å²) < 4.78 is 11.3. The molecule has 0 N–H and O–H groups in total. The van der Waals surface area contributed by atoms with Gasteiger partial charge in [-0.15, -0.1) is 11.3 Å². The van der Waals surface area contributed by atoms with E-state index in [2.05, 4.69) is 0 Å². The highest BCUT2D eigenvalue weighted by Gasteiger charge is 2.45. The molecule has 1 aromatic heterocycles. The lowest BCUT2D eigenvalue weighted by Gasteiger charge is -2.36. The molecule has 5 nitrogen and oxygen atoms in total. The van der Waals surface area contributed by atoms with Crippen molar-refractivity contribution in [2.75, 3.05) is 7.11 Å². The molecule has 6 heteroatoms. The molecule has 1 unspecified atom stereocenters. The standard InChI is InChI=1S/C27H29NO4S/c1-16-24(27(30)32-19-8-3-4-9-19)26(23-11-6-12-33-23)25-21(28-16)14-18(15-22(25)29)17-7-5-10-20(13-17)31-2/h5-7,10-13,18-19,24,26H,3-4,8-9,14-15H2,1-2H3/t18-,24?,26-/m1/s1. The van der Waals surface area contributed by atoms with Crippen molar-refractivity contribution in [3.05, 3.63) is 63.5 Å². The molecule has 0 amide bonds. The van der Waals surface area contributed by atoms with E-state index in [1.807, 2.05) is 48.7 Å². The third kappa shape index (κ3) is 4.29. The minimum absolute atomic E-state index is 0.0100. The average molecular weight is 464 g/mol. The summed E-state index contributed by atoms with van der Waals surface area (Å²) in [6, 6.07) is 11.9. The normalized spacial score (nSPS) is 25.6. The lowest BCUT2D eigenvalue weighted by Crippen LogP contribution is -2.38. The highest BCUT2D eigenvalue weighted by Crippen LogP contribution is 2.48. The fraction of sp³-hybridized carbons (Fsp3) is 0.444. The van der Waals surface area contributed by atoms with Crippen molar-refractivity contribution in [2.24, 2.45) is 10.9 Å². The molecular weight excluding hydrogens is 434 g/mol. The van der Waals surface area contributed by atoms with E-state index < -0.39 is 5.92 Å². The maximum Gasteiger partial charge on any atom is 0.315 e. The molecule has 33 heavy (non-hydrogen) atoms. The van der Waals surface area contributed by atoms with E-state index in [0.29, 0.717) is 18.4 Å². The van der Waals surface area contributed by atoms with Crippen LogP contribution in [0.2, 0.25) is 0 Å². The monoisotopic (exact) mass is 463 g/mol. The largest absolute Gasteiger partial charge is 0.497 e. The van der Waals surface area contributed by atoms with Crippen LogP contribution >= 0.6 is 11.3 Å². The first-order valence-corrected chi connectivity index (χ1v) is 12.6. The summed E-state index contributed by atoms with van der Waals surface area (Å²) in [7, 11) is 1.65. The minimum atomic E-state index is -0.541. The molecule has 0 radical (unpaired) electrons. The maximum atomic E-state index is 13.6. The lowest BCUT2D eigenvalue weighted by molar-refractivity contribution is -0.151. The van der Waals surface area contributed by atoms with Crippen LogP contribution in [0.3, 0.4) is 0 Å². The summed E-state index contributed by atoms with van der Waals surface area (Å²) >= 11 is 1.59. The molecule has 2 aliphatic carbocycles. The number of carbonyl (C=O) groups excluding carboxylic acids is 2. The van der Waals surface area contributed by atoms with Gasteiger partial charge in [0.1, 0.15) is 17.8 Å². The number of hydrogen-bond donors (Lipinski definition) is 0. The van der Waals surface area contributed by atoms with Gasteiger partial charge in [0.05, 0.1) is 7.11 Å². The highest BCUT2D eigenvalue weighted by molar-refractivity contribution is 7.10. The van der Waals surface area contributed by atoms with Crippen LogP contribution in [0, 0.1) is 5.92 Å². The van der Waals surface area contributed by atoms with E-state index in [1.165, 1.54) is 0 Å².